The molecule has 3 nitrogen and oxygen atoms in total. The van der Waals surface area contributed by atoms with Gasteiger partial charge in [-0.3, -0.25) is 4.79 Å². The summed E-state index contributed by atoms with van der Waals surface area (Å²) in [5.74, 6) is 3.70. The van der Waals surface area contributed by atoms with E-state index in [0.29, 0.717) is 17.9 Å². The molecule has 5 aliphatic rings. The van der Waals surface area contributed by atoms with E-state index in [1.807, 2.05) is 7.05 Å². The molecule has 0 aromatic heterocycles. The lowest BCUT2D eigenvalue weighted by Crippen LogP contribution is -2.55. The molecule has 0 aromatic rings. The van der Waals surface area contributed by atoms with Gasteiger partial charge in [-0.15, -0.1) is 0 Å². The predicted octanol–water partition coefficient (Wildman–Crippen LogP) is 2.40. The molecule has 0 spiro atoms. The second kappa shape index (κ2) is 4.46. The number of carbonyl (C=O) groups is 1. The first-order chi connectivity index (χ1) is 9.54. The zero-order valence-corrected chi connectivity index (χ0v) is 12.7. The summed E-state index contributed by atoms with van der Waals surface area (Å²) in [7, 11) is 2.03. The van der Waals surface area contributed by atoms with E-state index in [1.165, 1.54) is 38.5 Å². The van der Waals surface area contributed by atoms with Crippen molar-refractivity contribution >= 4 is 5.91 Å². The Hall–Kier alpha value is -0.570. The molecule has 4 bridgehead atoms. The van der Waals surface area contributed by atoms with Gasteiger partial charge >= 0.3 is 0 Å². The Bertz CT molecular complexity index is 378. The first-order valence-corrected chi connectivity index (χ1v) is 8.55. The number of hydrogen-bond donors (Lipinski definition) is 1. The fourth-order valence-corrected chi connectivity index (χ4v) is 6.18. The number of hydrogen-bond acceptors (Lipinski definition) is 2. The summed E-state index contributed by atoms with van der Waals surface area (Å²) in [6.07, 6.45) is 10.0. The summed E-state index contributed by atoms with van der Waals surface area (Å²) in [6, 6.07) is 0.392. The Balaban J connectivity index is 1.45. The van der Waals surface area contributed by atoms with Crippen LogP contribution >= 0.6 is 0 Å². The van der Waals surface area contributed by atoms with Crippen LogP contribution in [0.4, 0.5) is 0 Å². The van der Waals surface area contributed by atoms with Crippen molar-refractivity contribution in [2.45, 2.75) is 57.4 Å². The van der Waals surface area contributed by atoms with E-state index < -0.39 is 0 Å². The van der Waals surface area contributed by atoms with Crippen LogP contribution in [0.5, 0.6) is 0 Å². The zero-order chi connectivity index (χ0) is 13.9. The van der Waals surface area contributed by atoms with E-state index in [4.69, 9.17) is 5.73 Å². The summed E-state index contributed by atoms with van der Waals surface area (Å²) >= 11 is 0. The Morgan fingerprint density at radius 1 is 1.05 bits per heavy atom. The lowest BCUT2D eigenvalue weighted by molar-refractivity contribution is -0.157. The monoisotopic (exact) mass is 276 g/mol. The lowest BCUT2D eigenvalue weighted by Gasteiger charge is -2.56. The van der Waals surface area contributed by atoms with E-state index in [1.54, 1.807) is 0 Å². The van der Waals surface area contributed by atoms with Crippen molar-refractivity contribution in [1.29, 1.82) is 0 Å². The van der Waals surface area contributed by atoms with Gasteiger partial charge in [-0.2, -0.15) is 0 Å². The second-order valence-electron chi connectivity index (χ2n) is 8.48. The zero-order valence-electron chi connectivity index (χ0n) is 12.7. The molecule has 0 aliphatic heterocycles. The second-order valence-corrected chi connectivity index (χ2v) is 8.48. The van der Waals surface area contributed by atoms with Gasteiger partial charge in [-0.05, 0) is 75.0 Å². The molecule has 2 N–H and O–H groups in total. The molecule has 5 saturated carbocycles. The first kappa shape index (κ1) is 13.1. The third-order valence-electron chi connectivity index (χ3n) is 6.64. The van der Waals surface area contributed by atoms with Gasteiger partial charge in [0.25, 0.3) is 0 Å². The van der Waals surface area contributed by atoms with Crippen LogP contribution in [0.2, 0.25) is 0 Å². The van der Waals surface area contributed by atoms with Crippen molar-refractivity contribution in [2.75, 3.05) is 13.6 Å². The highest BCUT2D eigenvalue weighted by atomic mass is 16.2. The highest BCUT2D eigenvalue weighted by Gasteiger charge is 2.55. The van der Waals surface area contributed by atoms with E-state index in [9.17, 15) is 4.79 Å². The topological polar surface area (TPSA) is 46.3 Å². The van der Waals surface area contributed by atoms with Crippen LogP contribution in [-0.4, -0.2) is 30.4 Å². The Kier molecular flexibility index (Phi) is 2.93. The minimum absolute atomic E-state index is 0.0371. The largest absolute Gasteiger partial charge is 0.345 e. The summed E-state index contributed by atoms with van der Waals surface area (Å²) in [5, 5.41) is 0. The van der Waals surface area contributed by atoms with Crippen LogP contribution in [0.15, 0.2) is 0 Å². The van der Waals surface area contributed by atoms with Gasteiger partial charge in [0.2, 0.25) is 5.91 Å². The smallest absolute Gasteiger partial charge is 0.228 e. The molecule has 0 radical (unpaired) electrons. The number of amides is 1. The third kappa shape index (κ3) is 2.01. The Morgan fingerprint density at radius 3 is 2.00 bits per heavy atom. The minimum atomic E-state index is 0.0371. The first-order valence-electron chi connectivity index (χ1n) is 8.55. The normalized spacial score (nSPS) is 49.0. The van der Waals surface area contributed by atoms with Crippen molar-refractivity contribution in [1.82, 2.24) is 4.90 Å². The molecule has 112 valence electrons. The van der Waals surface area contributed by atoms with Crippen LogP contribution in [0.25, 0.3) is 0 Å². The fourth-order valence-electron chi connectivity index (χ4n) is 6.18. The van der Waals surface area contributed by atoms with Gasteiger partial charge in [0, 0.05) is 19.6 Å². The number of nitrogens with zero attached hydrogens (tertiary/aromatic N) is 1. The average molecular weight is 276 g/mol. The summed E-state index contributed by atoms with van der Waals surface area (Å²) < 4.78 is 0. The molecule has 0 unspecified atom stereocenters. The molecule has 5 fully saturated rings. The third-order valence-corrected chi connectivity index (χ3v) is 6.64. The van der Waals surface area contributed by atoms with E-state index >= 15 is 0 Å². The van der Waals surface area contributed by atoms with Gasteiger partial charge in [-0.25, -0.2) is 0 Å². The minimum Gasteiger partial charge on any atom is -0.345 e. The van der Waals surface area contributed by atoms with Gasteiger partial charge in [0.05, 0.1) is 5.41 Å². The lowest BCUT2D eigenvalue weighted by atomic mass is 9.49. The van der Waals surface area contributed by atoms with E-state index in [2.05, 4.69) is 4.90 Å². The van der Waals surface area contributed by atoms with Crippen molar-refractivity contribution in [2.24, 2.45) is 34.8 Å². The molecular formula is C17H28N2O. The molecule has 5 aliphatic carbocycles. The quantitative estimate of drug-likeness (QED) is 0.860. The molecule has 20 heavy (non-hydrogen) atoms. The molecule has 0 saturated heterocycles. The maximum absolute atomic E-state index is 13.0. The van der Waals surface area contributed by atoms with Crippen molar-refractivity contribution < 1.29 is 4.79 Å². The maximum Gasteiger partial charge on any atom is 0.228 e. The fraction of sp³-hybridized carbons (Fsp3) is 0.941. The van der Waals surface area contributed by atoms with Gasteiger partial charge in [0.1, 0.15) is 0 Å². The van der Waals surface area contributed by atoms with Gasteiger partial charge in [-0.1, -0.05) is 0 Å². The Labute approximate surface area is 122 Å². The highest BCUT2D eigenvalue weighted by molar-refractivity contribution is 5.83. The molecule has 0 aromatic carbocycles. The predicted molar refractivity (Wildman–Crippen MR) is 78.9 cm³/mol. The number of nitrogens with two attached hydrogens (primary N) is 1. The summed E-state index contributed by atoms with van der Waals surface area (Å²) in [5.41, 5.74) is 5.90. The van der Waals surface area contributed by atoms with Crippen LogP contribution in [0.1, 0.15) is 51.4 Å². The number of carbonyl (C=O) groups excluding carboxylic acids is 1. The van der Waals surface area contributed by atoms with Crippen LogP contribution in [-0.2, 0) is 4.79 Å². The van der Waals surface area contributed by atoms with Crippen LogP contribution < -0.4 is 5.73 Å². The molecule has 0 atom stereocenters. The summed E-state index contributed by atoms with van der Waals surface area (Å²) in [4.78, 5) is 15.1. The number of rotatable bonds is 3. The van der Waals surface area contributed by atoms with Gasteiger partial charge in [0.15, 0.2) is 0 Å². The summed E-state index contributed by atoms with van der Waals surface area (Å²) in [6.45, 7) is 0.939. The molecular weight excluding hydrogens is 248 g/mol. The standard InChI is InChI=1S/C17H28N2O/c1-19(10-14-5-15(18)6-14)16(20)17-7-11-2-12(8-17)4-13(3-11)9-17/h11-15H,2-10,18H2,1H3. The van der Waals surface area contributed by atoms with Crippen LogP contribution in [0, 0.1) is 29.1 Å². The molecule has 3 heteroatoms. The SMILES string of the molecule is CN(CC1CC(N)C1)C(=O)C12CC3CC(CC(C3)C1)C2. The maximum atomic E-state index is 13.0. The van der Waals surface area contributed by atoms with E-state index in [-0.39, 0.29) is 5.41 Å². The van der Waals surface area contributed by atoms with Gasteiger partial charge < -0.3 is 10.6 Å². The van der Waals surface area contributed by atoms with Crippen molar-refractivity contribution in [3.8, 4) is 0 Å². The Morgan fingerprint density at radius 2 is 1.55 bits per heavy atom. The molecule has 1 amide bonds. The molecule has 0 heterocycles. The molecule has 5 rings (SSSR count). The average Bonchev–Trinajstić information content (AvgIpc) is 2.34. The van der Waals surface area contributed by atoms with E-state index in [0.717, 1.165) is 37.1 Å². The van der Waals surface area contributed by atoms with Crippen molar-refractivity contribution in [3.05, 3.63) is 0 Å². The van der Waals surface area contributed by atoms with Crippen LogP contribution in [0.3, 0.4) is 0 Å². The highest BCUT2D eigenvalue weighted by Crippen LogP contribution is 2.60. The van der Waals surface area contributed by atoms with Crippen molar-refractivity contribution in [3.63, 3.8) is 0 Å².